The van der Waals surface area contributed by atoms with Crippen LogP contribution in [0.4, 0.5) is 19.1 Å². The monoisotopic (exact) mass is 683 g/mol. The van der Waals surface area contributed by atoms with Crippen LogP contribution in [0.3, 0.4) is 0 Å². The van der Waals surface area contributed by atoms with Crippen LogP contribution in [0.2, 0.25) is 0 Å². The molecule has 48 heavy (non-hydrogen) atoms. The number of hydrogen-bond acceptors (Lipinski definition) is 7. The highest BCUT2D eigenvalue weighted by atomic mass is 32.2. The Hall–Kier alpha value is -3.71. The van der Waals surface area contributed by atoms with E-state index >= 15 is 0 Å². The van der Waals surface area contributed by atoms with Crippen LogP contribution in [-0.4, -0.2) is 79.1 Å². The molecular formula is C35H40F3N5O4S. The van der Waals surface area contributed by atoms with Crippen LogP contribution in [-0.2, 0) is 10.0 Å². The molecule has 4 bridgehead atoms. The maximum absolute atomic E-state index is 14.5. The minimum atomic E-state index is -4.44. The zero-order valence-corrected chi connectivity index (χ0v) is 28.1. The van der Waals surface area contributed by atoms with Crippen molar-refractivity contribution in [1.29, 1.82) is 0 Å². The predicted octanol–water partition coefficient (Wildman–Crippen LogP) is 6.37. The second-order valence-electron chi connectivity index (χ2n) is 14.3. The van der Waals surface area contributed by atoms with Gasteiger partial charge in [0.2, 0.25) is 11.8 Å². The first-order valence-electron chi connectivity index (χ1n) is 16.5. The van der Waals surface area contributed by atoms with Gasteiger partial charge in [0.05, 0.1) is 22.0 Å². The van der Waals surface area contributed by atoms with Crippen molar-refractivity contribution < 1.29 is 31.1 Å². The van der Waals surface area contributed by atoms with Crippen LogP contribution >= 0.6 is 0 Å². The third-order valence-corrected chi connectivity index (χ3v) is 12.3. The number of aromatic nitrogens is 2. The Morgan fingerprint density at radius 1 is 0.979 bits per heavy atom. The van der Waals surface area contributed by atoms with Gasteiger partial charge in [0, 0.05) is 23.2 Å². The molecule has 1 atom stereocenters. The molecule has 2 aliphatic carbocycles. The van der Waals surface area contributed by atoms with E-state index in [0.717, 1.165) is 42.6 Å². The Labute approximate surface area is 278 Å². The predicted molar refractivity (Wildman–Crippen MR) is 174 cm³/mol. The molecule has 0 radical (unpaired) electrons. The van der Waals surface area contributed by atoms with Gasteiger partial charge in [-0.05, 0) is 114 Å². The maximum Gasteiger partial charge on any atom is 0.394 e. The number of hydrogen-bond donors (Lipinski definition) is 1. The van der Waals surface area contributed by atoms with Crippen molar-refractivity contribution in [1.82, 2.24) is 19.8 Å². The lowest BCUT2D eigenvalue weighted by Crippen LogP contribution is -2.60. The minimum absolute atomic E-state index is 0.000890. The number of likely N-dealkylation sites (tertiary alicyclic amines) is 1. The number of fused-ring (bicyclic) bond motifs is 4. The van der Waals surface area contributed by atoms with Gasteiger partial charge in [0.25, 0.3) is 15.9 Å². The summed E-state index contributed by atoms with van der Waals surface area (Å²) in [6, 6.07) is 11.7. The average Bonchev–Trinajstić information content (AvgIpc) is 3.80. The fraction of sp³-hybridized carbons (Fsp3) is 0.514. The van der Waals surface area contributed by atoms with Gasteiger partial charge < -0.3 is 14.5 Å². The summed E-state index contributed by atoms with van der Waals surface area (Å²) in [4.78, 5) is 27.0. The average molecular weight is 684 g/mol. The number of nitrogens with zero attached hydrogens (tertiary/aromatic N) is 4. The van der Waals surface area contributed by atoms with Crippen LogP contribution in [0.25, 0.3) is 11.3 Å². The quantitative estimate of drug-likeness (QED) is 0.341. The number of benzene rings is 2. The van der Waals surface area contributed by atoms with Crippen LogP contribution in [0, 0.1) is 24.7 Å². The van der Waals surface area contributed by atoms with E-state index in [2.05, 4.69) is 26.6 Å². The van der Waals surface area contributed by atoms with Crippen molar-refractivity contribution in [3.8, 4) is 17.1 Å². The van der Waals surface area contributed by atoms with Gasteiger partial charge in [-0.2, -0.15) is 18.2 Å². The van der Waals surface area contributed by atoms with Crippen LogP contribution in [0.15, 0.2) is 53.4 Å². The van der Waals surface area contributed by atoms with E-state index in [1.807, 2.05) is 32.0 Å². The number of nitrogens with one attached hydrogen (secondary N) is 1. The molecule has 2 aliphatic heterocycles. The lowest BCUT2D eigenvalue weighted by atomic mass is 9.59. The molecule has 1 unspecified atom stereocenters. The normalized spacial score (nSPS) is 23.6. The molecule has 1 aromatic heterocycles. The van der Waals surface area contributed by atoms with Crippen molar-refractivity contribution in [3.63, 3.8) is 0 Å². The summed E-state index contributed by atoms with van der Waals surface area (Å²) in [5.74, 6) is -0.743. The van der Waals surface area contributed by atoms with E-state index < -0.39 is 33.6 Å². The number of rotatable bonds is 4. The van der Waals surface area contributed by atoms with Crippen molar-refractivity contribution in [2.75, 3.05) is 31.5 Å². The Bertz CT molecular complexity index is 1830. The second-order valence-corrected chi connectivity index (χ2v) is 16.0. The number of carbonyl (C=O) groups excluding carboxylic acids is 1. The molecule has 3 heterocycles. The number of carbonyl (C=O) groups is 1. The van der Waals surface area contributed by atoms with Crippen molar-refractivity contribution >= 4 is 21.9 Å². The highest BCUT2D eigenvalue weighted by Gasteiger charge is 2.64. The molecule has 256 valence electrons. The molecule has 1 amide bonds. The van der Waals surface area contributed by atoms with Gasteiger partial charge in [-0.1, -0.05) is 24.3 Å². The van der Waals surface area contributed by atoms with Crippen molar-refractivity contribution in [3.05, 3.63) is 65.2 Å². The summed E-state index contributed by atoms with van der Waals surface area (Å²) < 4.78 is 79.5. The Morgan fingerprint density at radius 2 is 1.65 bits per heavy atom. The molecule has 2 saturated carbocycles. The summed E-state index contributed by atoms with van der Waals surface area (Å²) in [6.45, 7) is 5.42. The van der Waals surface area contributed by atoms with Gasteiger partial charge in [0.1, 0.15) is 6.61 Å². The van der Waals surface area contributed by atoms with Crippen molar-refractivity contribution in [2.45, 2.75) is 81.9 Å². The van der Waals surface area contributed by atoms with E-state index in [-0.39, 0.29) is 59.6 Å². The zero-order valence-electron chi connectivity index (χ0n) is 27.3. The molecule has 13 heteroatoms. The lowest BCUT2D eigenvalue weighted by Gasteiger charge is -2.56. The van der Waals surface area contributed by atoms with Crippen LogP contribution in [0.5, 0.6) is 5.88 Å². The maximum atomic E-state index is 14.5. The topological polar surface area (TPSA) is 105 Å². The van der Waals surface area contributed by atoms with Gasteiger partial charge in [-0.3, -0.25) is 4.79 Å². The fourth-order valence-electron chi connectivity index (χ4n) is 7.91. The summed E-state index contributed by atoms with van der Waals surface area (Å²) in [5, 5.41) is 0. The Kier molecular flexibility index (Phi) is 8.01. The first-order chi connectivity index (χ1) is 22.7. The zero-order chi connectivity index (χ0) is 34.1. The number of anilines is 1. The molecule has 1 spiro atoms. The molecule has 1 saturated heterocycles. The standard InChI is InChI=1S/C35H40F3N5O4S/c1-22-6-4-7-23(2)30(22)28-17-29-40-32(39-28)41-48(45,46)27-9-5-8-24(16-27)31(44)43(25-18-33(19-25)12-14-42(3)15-13-33)26(21-47-29)20-34(10-11-34)35(36,37)38/h4-9,16-17,25-26H,10-15,18-21H2,1-3H3,(H,39,40,41). The smallest absolute Gasteiger partial charge is 0.394 e. The number of amides is 1. The number of piperidine rings is 1. The molecule has 3 fully saturated rings. The number of halogens is 3. The van der Waals surface area contributed by atoms with Crippen LogP contribution in [0.1, 0.15) is 66.4 Å². The second kappa shape index (κ2) is 11.7. The Morgan fingerprint density at radius 3 is 2.29 bits per heavy atom. The molecule has 4 aliphatic rings. The number of ether oxygens (including phenoxy) is 1. The summed E-state index contributed by atoms with van der Waals surface area (Å²) in [7, 11) is -2.19. The van der Waals surface area contributed by atoms with Gasteiger partial charge in [-0.15, -0.1) is 0 Å². The van der Waals surface area contributed by atoms with E-state index in [4.69, 9.17) is 4.74 Å². The third-order valence-electron chi connectivity index (χ3n) is 11.0. The highest BCUT2D eigenvalue weighted by molar-refractivity contribution is 7.92. The molecule has 9 nitrogen and oxygen atoms in total. The molecule has 3 aromatic rings. The molecule has 2 aromatic carbocycles. The van der Waals surface area contributed by atoms with E-state index in [9.17, 15) is 26.4 Å². The van der Waals surface area contributed by atoms with Gasteiger partial charge >= 0.3 is 6.18 Å². The highest BCUT2D eigenvalue weighted by Crippen LogP contribution is 2.61. The summed E-state index contributed by atoms with van der Waals surface area (Å²) >= 11 is 0. The molecule has 7 rings (SSSR count). The molecule has 1 N–H and O–H groups in total. The molecular weight excluding hydrogens is 643 g/mol. The van der Waals surface area contributed by atoms with E-state index in [0.29, 0.717) is 18.5 Å². The van der Waals surface area contributed by atoms with Gasteiger partial charge in [-0.25, -0.2) is 18.1 Å². The first-order valence-corrected chi connectivity index (χ1v) is 18.0. The SMILES string of the molecule is Cc1cccc(C)c1-c1cc2nc(n1)NS(=O)(=O)c1cccc(c1)C(=O)N(C1CC3(CCN(C)CC3)C1)C(CC1(C(F)(F)F)CC1)CO2. The third kappa shape index (κ3) is 6.04. The summed E-state index contributed by atoms with van der Waals surface area (Å²) in [5.41, 5.74) is 1.16. The number of alkyl halides is 3. The Balaban J connectivity index is 1.34. The lowest BCUT2D eigenvalue weighted by molar-refractivity contribution is -0.194. The van der Waals surface area contributed by atoms with E-state index in [1.54, 1.807) is 11.0 Å². The number of aryl methyl sites for hydroxylation is 2. The van der Waals surface area contributed by atoms with Gasteiger partial charge in [0.15, 0.2) is 0 Å². The number of sulfonamides is 1. The summed E-state index contributed by atoms with van der Waals surface area (Å²) in [6.07, 6.45) is -1.50. The fourth-order valence-corrected chi connectivity index (χ4v) is 8.90. The van der Waals surface area contributed by atoms with Crippen LogP contribution < -0.4 is 9.46 Å². The first kappa shape index (κ1) is 32.8. The van der Waals surface area contributed by atoms with E-state index in [1.165, 1.54) is 24.3 Å². The minimum Gasteiger partial charge on any atom is -0.475 e. The largest absolute Gasteiger partial charge is 0.475 e. The van der Waals surface area contributed by atoms with Crippen molar-refractivity contribution in [2.24, 2.45) is 10.8 Å².